The van der Waals surface area contributed by atoms with E-state index in [9.17, 15) is 8.42 Å². The first-order valence-corrected chi connectivity index (χ1v) is 13.8. The molecule has 0 bridgehead atoms. The van der Waals surface area contributed by atoms with Gasteiger partial charge < -0.3 is 9.64 Å². The predicted octanol–water partition coefficient (Wildman–Crippen LogP) is 4.50. The molecule has 36 heavy (non-hydrogen) atoms. The van der Waals surface area contributed by atoms with Crippen LogP contribution in [0.15, 0.2) is 53.4 Å². The maximum Gasteiger partial charge on any atom is 0.243 e. The maximum absolute atomic E-state index is 13.3. The second kappa shape index (κ2) is 10.2. The molecule has 0 atom stereocenters. The fraction of sp³-hybridized carbons (Fsp3) is 0.429. The maximum atomic E-state index is 13.3. The van der Waals surface area contributed by atoms with Gasteiger partial charge in [0.15, 0.2) is 0 Å². The van der Waals surface area contributed by atoms with Crippen LogP contribution in [-0.2, 0) is 21.9 Å². The number of piperazine rings is 1. The molecule has 2 heterocycles. The highest BCUT2D eigenvalue weighted by Gasteiger charge is 2.30. The van der Waals surface area contributed by atoms with Crippen LogP contribution in [0.4, 0.5) is 5.82 Å². The number of aromatic nitrogens is 2. The van der Waals surface area contributed by atoms with Crippen molar-refractivity contribution in [3.05, 3.63) is 76.7 Å². The molecule has 0 spiro atoms. The number of benzene rings is 2. The first-order valence-electron chi connectivity index (χ1n) is 12.3. The normalized spacial score (nSPS) is 15.2. The van der Waals surface area contributed by atoms with Crippen molar-refractivity contribution in [1.29, 1.82) is 0 Å². The molecule has 0 amide bonds. The second-order valence-corrected chi connectivity index (χ2v) is 12.3. The molecular formula is C28H36N4O3S. The third kappa shape index (κ3) is 5.55. The van der Waals surface area contributed by atoms with Crippen LogP contribution in [0.2, 0.25) is 0 Å². The molecule has 1 saturated heterocycles. The highest BCUT2D eigenvalue weighted by molar-refractivity contribution is 7.89. The summed E-state index contributed by atoms with van der Waals surface area (Å²) in [5.74, 6) is 2.43. The summed E-state index contributed by atoms with van der Waals surface area (Å²) in [6, 6.07) is 15.3. The van der Waals surface area contributed by atoms with Crippen molar-refractivity contribution in [3.8, 4) is 5.75 Å². The lowest BCUT2D eigenvalue weighted by atomic mass is 9.87. The fourth-order valence-electron chi connectivity index (χ4n) is 4.55. The van der Waals surface area contributed by atoms with Gasteiger partial charge >= 0.3 is 0 Å². The van der Waals surface area contributed by atoms with E-state index in [1.54, 1.807) is 23.5 Å². The number of nitrogens with zero attached hydrogens (tertiary/aromatic N) is 4. The fourth-order valence-corrected chi connectivity index (χ4v) is 5.97. The number of hydrogen-bond acceptors (Lipinski definition) is 6. The van der Waals surface area contributed by atoms with Gasteiger partial charge in [-0.05, 0) is 54.7 Å². The van der Waals surface area contributed by atoms with Crippen molar-refractivity contribution >= 4 is 15.8 Å². The van der Waals surface area contributed by atoms with E-state index in [0.717, 1.165) is 39.8 Å². The Kier molecular flexibility index (Phi) is 7.38. The minimum Gasteiger partial charge on any atom is -0.497 e. The van der Waals surface area contributed by atoms with E-state index < -0.39 is 10.0 Å². The van der Waals surface area contributed by atoms with Crippen molar-refractivity contribution < 1.29 is 13.2 Å². The minimum absolute atomic E-state index is 0.0226. The summed E-state index contributed by atoms with van der Waals surface area (Å²) in [6.45, 7) is 12.2. The number of methoxy groups -OCH3 is 1. The number of aryl methyl sites for hydroxylation is 2. The highest BCUT2D eigenvalue weighted by atomic mass is 32.2. The van der Waals surface area contributed by atoms with Crippen LogP contribution in [0, 0.1) is 13.8 Å². The topological polar surface area (TPSA) is 75.6 Å². The van der Waals surface area contributed by atoms with Gasteiger partial charge in [-0.3, -0.25) is 0 Å². The monoisotopic (exact) mass is 508 g/mol. The first-order chi connectivity index (χ1) is 17.0. The second-order valence-electron chi connectivity index (χ2n) is 10.3. The van der Waals surface area contributed by atoms with Crippen LogP contribution < -0.4 is 9.64 Å². The first kappa shape index (κ1) is 26.1. The van der Waals surface area contributed by atoms with E-state index >= 15 is 0 Å². The zero-order valence-corrected chi connectivity index (χ0v) is 22.9. The van der Waals surface area contributed by atoms with Crippen LogP contribution >= 0.6 is 0 Å². The molecule has 0 N–H and O–H groups in total. The molecule has 0 unspecified atom stereocenters. The van der Waals surface area contributed by atoms with Gasteiger partial charge in [0.25, 0.3) is 0 Å². The molecule has 2 aromatic carbocycles. The number of sulfonamides is 1. The van der Waals surface area contributed by atoms with Crippen LogP contribution in [0.3, 0.4) is 0 Å². The van der Waals surface area contributed by atoms with Gasteiger partial charge in [0.1, 0.15) is 17.4 Å². The quantitative estimate of drug-likeness (QED) is 0.488. The van der Waals surface area contributed by atoms with Gasteiger partial charge in [0.05, 0.1) is 12.0 Å². The summed E-state index contributed by atoms with van der Waals surface area (Å²) in [6.07, 6.45) is 0.698. The van der Waals surface area contributed by atoms with Crippen molar-refractivity contribution in [2.45, 2.75) is 51.3 Å². The Morgan fingerprint density at radius 2 is 1.50 bits per heavy atom. The zero-order valence-electron chi connectivity index (χ0n) is 22.1. The molecule has 7 nitrogen and oxygen atoms in total. The van der Waals surface area contributed by atoms with Crippen molar-refractivity contribution in [2.75, 3.05) is 38.2 Å². The molecule has 0 radical (unpaired) electrons. The molecule has 1 aliphatic heterocycles. The lowest BCUT2D eigenvalue weighted by molar-refractivity contribution is 0.383. The number of ether oxygens (including phenoxy) is 1. The average Bonchev–Trinajstić information content (AvgIpc) is 2.85. The van der Waals surface area contributed by atoms with E-state index in [2.05, 4.69) is 42.8 Å². The van der Waals surface area contributed by atoms with Crippen molar-refractivity contribution in [1.82, 2.24) is 14.3 Å². The molecule has 0 saturated carbocycles. The number of rotatable bonds is 6. The van der Waals surface area contributed by atoms with E-state index in [1.807, 2.05) is 38.1 Å². The molecule has 3 aromatic rings. The van der Waals surface area contributed by atoms with Crippen LogP contribution in [0.25, 0.3) is 0 Å². The van der Waals surface area contributed by atoms with E-state index in [1.165, 1.54) is 0 Å². The Morgan fingerprint density at radius 1 is 0.889 bits per heavy atom. The molecule has 1 aliphatic rings. The Labute approximate surface area is 215 Å². The highest BCUT2D eigenvalue weighted by Crippen LogP contribution is 2.28. The number of hydrogen-bond donors (Lipinski definition) is 0. The Morgan fingerprint density at radius 3 is 2.06 bits per heavy atom. The molecule has 1 fully saturated rings. The molecule has 1 aromatic heterocycles. The Hall–Kier alpha value is -2.97. The van der Waals surface area contributed by atoms with Gasteiger partial charge in [-0.25, -0.2) is 18.4 Å². The summed E-state index contributed by atoms with van der Waals surface area (Å²) in [7, 11) is -1.89. The molecular weight excluding hydrogens is 472 g/mol. The van der Waals surface area contributed by atoms with Gasteiger partial charge in [-0.2, -0.15) is 4.31 Å². The zero-order chi connectivity index (χ0) is 26.1. The van der Waals surface area contributed by atoms with E-state index in [0.29, 0.717) is 37.5 Å². The lowest BCUT2D eigenvalue weighted by Crippen LogP contribution is -2.49. The van der Waals surface area contributed by atoms with Gasteiger partial charge in [-0.1, -0.05) is 45.0 Å². The summed E-state index contributed by atoms with van der Waals surface area (Å²) in [5.41, 5.74) is 4.26. The molecule has 0 aliphatic carbocycles. The standard InChI is InChI=1S/C28H36N4O3S/c1-20-26(19-22-7-11-24(35-6)12-8-22)27(30-21(2)29-20)31-15-17-32(18-16-31)36(33,34)25-13-9-23(10-14-25)28(3,4)5/h7-14H,15-19H2,1-6H3. The van der Waals surface area contributed by atoms with Crippen LogP contribution in [0.5, 0.6) is 5.75 Å². The van der Waals surface area contributed by atoms with Gasteiger partial charge in [-0.15, -0.1) is 0 Å². The minimum atomic E-state index is -3.55. The van der Waals surface area contributed by atoms with Crippen LogP contribution in [0.1, 0.15) is 49.0 Å². The molecule has 8 heteroatoms. The van der Waals surface area contributed by atoms with Crippen molar-refractivity contribution in [3.63, 3.8) is 0 Å². The Balaban J connectivity index is 1.52. The average molecular weight is 509 g/mol. The SMILES string of the molecule is COc1ccc(Cc2c(C)nc(C)nc2N2CCN(S(=O)(=O)c3ccc(C(C)(C)C)cc3)CC2)cc1. The smallest absolute Gasteiger partial charge is 0.243 e. The largest absolute Gasteiger partial charge is 0.497 e. The van der Waals surface area contributed by atoms with Gasteiger partial charge in [0, 0.05) is 43.9 Å². The molecule has 192 valence electrons. The van der Waals surface area contributed by atoms with E-state index in [4.69, 9.17) is 9.72 Å². The Bertz CT molecular complexity index is 1310. The van der Waals surface area contributed by atoms with Crippen LogP contribution in [-0.4, -0.2) is 56.0 Å². The third-order valence-electron chi connectivity index (χ3n) is 6.74. The van der Waals surface area contributed by atoms with Gasteiger partial charge in [0.2, 0.25) is 10.0 Å². The summed E-state index contributed by atoms with van der Waals surface area (Å²) < 4.78 is 33.5. The molecule has 4 rings (SSSR count). The van der Waals surface area contributed by atoms with E-state index in [-0.39, 0.29) is 5.41 Å². The number of anilines is 1. The van der Waals surface area contributed by atoms with Crippen molar-refractivity contribution in [2.24, 2.45) is 0 Å². The third-order valence-corrected chi connectivity index (χ3v) is 8.65. The summed E-state index contributed by atoms with van der Waals surface area (Å²) >= 11 is 0. The summed E-state index contributed by atoms with van der Waals surface area (Å²) in [5, 5.41) is 0. The summed E-state index contributed by atoms with van der Waals surface area (Å²) in [4.78, 5) is 11.9. The lowest BCUT2D eigenvalue weighted by Gasteiger charge is -2.36. The predicted molar refractivity (Wildman–Crippen MR) is 143 cm³/mol.